The number of hydrogen-bond acceptors (Lipinski definition) is 0. The van der Waals surface area contributed by atoms with Gasteiger partial charge in [0.15, 0.2) is 0 Å². The van der Waals surface area contributed by atoms with Gasteiger partial charge >= 0.3 is 0 Å². The van der Waals surface area contributed by atoms with Crippen LogP contribution in [0.2, 0.25) is 0 Å². The predicted molar refractivity (Wildman–Crippen MR) is 65.1 cm³/mol. The molecule has 0 N–H and O–H groups in total. The Hall–Kier alpha value is 0. The van der Waals surface area contributed by atoms with Gasteiger partial charge in [-0.15, -0.1) is 0 Å². The molecule has 0 saturated heterocycles. The number of fused-ring (bicyclic) bond motifs is 3. The average molecular weight is 216 g/mol. The van der Waals surface area contributed by atoms with E-state index in [1.54, 1.807) is 70.6 Å². The van der Waals surface area contributed by atoms with Crippen LogP contribution in [-0.4, -0.2) is 0 Å². The van der Waals surface area contributed by atoms with Crippen LogP contribution in [0.3, 0.4) is 0 Å². The maximum atomic E-state index is 1.68. The van der Waals surface area contributed by atoms with Crippen molar-refractivity contribution < 1.29 is 0 Å². The molecule has 4 aliphatic rings. The molecule has 4 fully saturated rings. The lowest BCUT2D eigenvalue weighted by Gasteiger charge is -2.62. The second kappa shape index (κ2) is 2.40. The fourth-order valence-electron chi connectivity index (χ4n) is 7.24. The molecule has 4 aliphatic carbocycles. The van der Waals surface area contributed by atoms with E-state index in [-0.39, 0.29) is 0 Å². The number of rotatable bonds is 0. The van der Waals surface area contributed by atoms with Crippen LogP contribution in [0.25, 0.3) is 0 Å². The van der Waals surface area contributed by atoms with Gasteiger partial charge in [-0.1, -0.05) is 0 Å². The first-order valence-electron chi connectivity index (χ1n) is 7.78. The Bertz CT molecular complexity index is 347. The van der Waals surface area contributed by atoms with Crippen molar-refractivity contribution in [1.29, 1.82) is 0 Å². The molecule has 0 bridgehead atoms. The molecule has 3 atom stereocenters. The lowest BCUT2D eigenvalue weighted by molar-refractivity contribution is -0.124. The van der Waals surface area contributed by atoms with Crippen molar-refractivity contribution in [2.24, 2.45) is 28.1 Å². The first-order valence-corrected chi connectivity index (χ1v) is 7.78. The van der Waals surface area contributed by atoms with E-state index in [1.165, 1.54) is 11.8 Å². The highest BCUT2D eigenvalue weighted by atomic mass is 14.7. The molecule has 3 spiro atoms. The van der Waals surface area contributed by atoms with Gasteiger partial charge in [0.2, 0.25) is 0 Å². The quantitative estimate of drug-likeness (QED) is 0.558. The summed E-state index contributed by atoms with van der Waals surface area (Å²) in [4.78, 5) is 0. The van der Waals surface area contributed by atoms with Crippen molar-refractivity contribution in [3.8, 4) is 0 Å². The smallest absolute Gasteiger partial charge is 0.0238 e. The molecule has 0 aromatic heterocycles. The van der Waals surface area contributed by atoms with Gasteiger partial charge in [0.05, 0.1) is 0 Å². The summed E-state index contributed by atoms with van der Waals surface area (Å²) in [6, 6.07) is 0. The minimum absolute atomic E-state index is 0.876. The third kappa shape index (κ3) is 0.728. The fourth-order valence-corrected chi connectivity index (χ4v) is 7.24. The van der Waals surface area contributed by atoms with Crippen LogP contribution in [0.15, 0.2) is 0 Å². The van der Waals surface area contributed by atoms with Crippen molar-refractivity contribution >= 4 is 0 Å². The SMILES string of the molecule is C1CC23CCC4(CC2)CCC42CCC1C3C2. The van der Waals surface area contributed by atoms with E-state index in [4.69, 9.17) is 0 Å². The Kier molecular flexibility index (Phi) is 1.35. The second-order valence-electron chi connectivity index (χ2n) is 8.07. The Morgan fingerprint density at radius 3 is 2.06 bits per heavy atom. The third-order valence-corrected chi connectivity index (χ3v) is 8.38. The van der Waals surface area contributed by atoms with Crippen molar-refractivity contribution in [2.75, 3.05) is 0 Å². The molecule has 4 saturated carbocycles. The summed E-state index contributed by atoms with van der Waals surface area (Å²) in [5, 5.41) is 0. The summed E-state index contributed by atoms with van der Waals surface area (Å²) in [5.41, 5.74) is 2.64. The van der Waals surface area contributed by atoms with E-state index in [0.29, 0.717) is 0 Å². The maximum absolute atomic E-state index is 1.68. The largest absolute Gasteiger partial charge is 0.0496 e. The molecule has 0 heterocycles. The lowest BCUT2D eigenvalue weighted by Crippen LogP contribution is -2.52. The van der Waals surface area contributed by atoms with Crippen LogP contribution >= 0.6 is 0 Å². The van der Waals surface area contributed by atoms with Crippen molar-refractivity contribution in [1.82, 2.24) is 0 Å². The third-order valence-electron chi connectivity index (χ3n) is 8.38. The molecule has 0 nitrogen and oxygen atoms in total. The normalized spacial score (nSPS) is 66.0. The Morgan fingerprint density at radius 2 is 1.31 bits per heavy atom. The van der Waals surface area contributed by atoms with E-state index >= 15 is 0 Å². The van der Waals surface area contributed by atoms with Crippen LogP contribution in [-0.2, 0) is 0 Å². The maximum Gasteiger partial charge on any atom is -0.0238 e. The van der Waals surface area contributed by atoms with E-state index in [0.717, 1.165) is 16.2 Å². The molecule has 0 aliphatic heterocycles. The molecule has 0 aromatic rings. The summed E-state index contributed by atoms with van der Waals surface area (Å²) in [6.07, 6.45) is 17.9. The molecule has 4 rings (SSSR count). The van der Waals surface area contributed by atoms with Crippen LogP contribution in [0, 0.1) is 28.1 Å². The molecular weight excluding hydrogens is 192 g/mol. The minimum Gasteiger partial charge on any atom is -0.0496 e. The predicted octanol–water partition coefficient (Wildman–Crippen LogP) is 4.54. The molecule has 3 unspecified atom stereocenters. The molecular formula is C16H24. The van der Waals surface area contributed by atoms with Crippen LogP contribution in [0.1, 0.15) is 70.6 Å². The van der Waals surface area contributed by atoms with Gasteiger partial charge < -0.3 is 0 Å². The van der Waals surface area contributed by atoms with Gasteiger partial charge in [0.25, 0.3) is 0 Å². The Balaban J connectivity index is 1.71. The topological polar surface area (TPSA) is 0 Å². The van der Waals surface area contributed by atoms with Gasteiger partial charge in [-0.25, -0.2) is 0 Å². The van der Waals surface area contributed by atoms with E-state index in [1.807, 2.05) is 0 Å². The Morgan fingerprint density at radius 1 is 0.625 bits per heavy atom. The highest BCUT2D eigenvalue weighted by molar-refractivity contribution is 5.19. The summed E-state index contributed by atoms with van der Waals surface area (Å²) in [5.74, 6) is 2.35. The summed E-state index contributed by atoms with van der Waals surface area (Å²) >= 11 is 0. The second-order valence-corrected chi connectivity index (χ2v) is 8.07. The Labute approximate surface area is 99.2 Å². The zero-order valence-electron chi connectivity index (χ0n) is 10.4. The van der Waals surface area contributed by atoms with Gasteiger partial charge in [-0.3, -0.25) is 0 Å². The average Bonchev–Trinajstić information content (AvgIpc) is 2.63. The van der Waals surface area contributed by atoms with E-state index in [9.17, 15) is 0 Å². The summed E-state index contributed by atoms with van der Waals surface area (Å²) < 4.78 is 0. The lowest BCUT2D eigenvalue weighted by atomic mass is 9.42. The fraction of sp³-hybridized carbons (Fsp3) is 1.00. The van der Waals surface area contributed by atoms with E-state index in [2.05, 4.69) is 0 Å². The van der Waals surface area contributed by atoms with Gasteiger partial charge in [0, 0.05) is 0 Å². The number of hydrogen-bond donors (Lipinski definition) is 0. The zero-order chi connectivity index (χ0) is 10.4. The van der Waals surface area contributed by atoms with Crippen molar-refractivity contribution in [3.63, 3.8) is 0 Å². The molecule has 0 radical (unpaired) electrons. The van der Waals surface area contributed by atoms with Crippen LogP contribution in [0.5, 0.6) is 0 Å². The minimum atomic E-state index is 0.876. The first-order chi connectivity index (χ1) is 7.78. The molecule has 88 valence electrons. The zero-order valence-corrected chi connectivity index (χ0v) is 10.4. The highest BCUT2D eigenvalue weighted by Gasteiger charge is 2.69. The molecule has 0 heteroatoms. The molecule has 0 amide bonds. The van der Waals surface area contributed by atoms with Crippen LogP contribution in [0.4, 0.5) is 0 Å². The summed E-state index contributed by atoms with van der Waals surface area (Å²) in [7, 11) is 0. The van der Waals surface area contributed by atoms with Crippen molar-refractivity contribution in [2.45, 2.75) is 70.6 Å². The molecule has 0 aromatic carbocycles. The van der Waals surface area contributed by atoms with Gasteiger partial charge in [-0.05, 0) is 98.7 Å². The van der Waals surface area contributed by atoms with Crippen LogP contribution < -0.4 is 0 Å². The standard InChI is InChI=1S/C16H24/c1-3-14-5-7-15(8-6-14)9-10-16(15)4-2-12(1)13(14)11-16/h12-13H,1-11H2. The van der Waals surface area contributed by atoms with Gasteiger partial charge in [-0.2, -0.15) is 0 Å². The molecule has 16 heavy (non-hydrogen) atoms. The first kappa shape index (κ1) is 9.00. The van der Waals surface area contributed by atoms with Crippen molar-refractivity contribution in [3.05, 3.63) is 0 Å². The monoisotopic (exact) mass is 216 g/mol. The summed E-state index contributed by atoms with van der Waals surface area (Å²) in [6.45, 7) is 0. The van der Waals surface area contributed by atoms with Gasteiger partial charge in [0.1, 0.15) is 0 Å². The highest BCUT2D eigenvalue weighted by Crippen LogP contribution is 2.79. The van der Waals surface area contributed by atoms with E-state index < -0.39 is 0 Å².